The number of hydrogen-bond donors (Lipinski definition) is 1. The third kappa shape index (κ3) is 1.46. The van der Waals surface area contributed by atoms with Crippen molar-refractivity contribution in [3.8, 4) is 0 Å². The van der Waals surface area contributed by atoms with Gasteiger partial charge >= 0.3 is 0 Å². The molecule has 1 fully saturated rings. The molecule has 0 aromatic carbocycles. The van der Waals surface area contributed by atoms with Crippen LogP contribution in [0.3, 0.4) is 0 Å². The Hall–Kier alpha value is -1.16. The lowest BCUT2D eigenvalue weighted by Gasteiger charge is -2.40. The zero-order valence-corrected chi connectivity index (χ0v) is 8.02. The number of likely N-dealkylation sites (N-methyl/N-ethyl adjacent to an activating group) is 1. The second-order valence-corrected chi connectivity index (χ2v) is 3.63. The van der Waals surface area contributed by atoms with Crippen LogP contribution in [0, 0.1) is 5.82 Å². The van der Waals surface area contributed by atoms with Crippen LogP contribution >= 0.6 is 0 Å². The summed E-state index contributed by atoms with van der Waals surface area (Å²) < 4.78 is 13.3. The summed E-state index contributed by atoms with van der Waals surface area (Å²) in [4.78, 5) is 5.67. The Bertz CT molecular complexity index is 332. The van der Waals surface area contributed by atoms with Crippen LogP contribution in [0.4, 0.5) is 10.2 Å². The highest BCUT2D eigenvalue weighted by molar-refractivity contribution is 5.40. The van der Waals surface area contributed by atoms with Gasteiger partial charge in [0.1, 0.15) is 0 Å². The van der Waals surface area contributed by atoms with Gasteiger partial charge in [0.25, 0.3) is 0 Å². The minimum absolute atomic E-state index is 0.0133. The van der Waals surface area contributed by atoms with Gasteiger partial charge in [-0.15, -0.1) is 0 Å². The number of aliphatic hydroxyl groups excluding tert-OH is 1. The van der Waals surface area contributed by atoms with Gasteiger partial charge in [-0.2, -0.15) is 0 Å². The lowest BCUT2D eigenvalue weighted by atomic mass is 9.88. The van der Waals surface area contributed by atoms with E-state index in [1.807, 2.05) is 0 Å². The highest BCUT2D eigenvalue weighted by atomic mass is 19.1. The highest BCUT2D eigenvalue weighted by Gasteiger charge is 2.33. The molecular formula is C10H13FN2O. The molecule has 0 radical (unpaired) electrons. The molecular weight excluding hydrogens is 183 g/mol. The highest BCUT2D eigenvalue weighted by Crippen LogP contribution is 2.28. The summed E-state index contributed by atoms with van der Waals surface area (Å²) in [7, 11) is 1.76. The first kappa shape index (κ1) is 9.40. The van der Waals surface area contributed by atoms with E-state index in [9.17, 15) is 9.50 Å². The average molecular weight is 196 g/mol. The van der Waals surface area contributed by atoms with Crippen molar-refractivity contribution in [1.82, 2.24) is 4.98 Å². The normalized spacial score (nSPS) is 25.6. The second kappa shape index (κ2) is 3.53. The van der Waals surface area contributed by atoms with Crippen molar-refractivity contribution in [2.75, 3.05) is 11.9 Å². The van der Waals surface area contributed by atoms with Gasteiger partial charge in [-0.05, 0) is 25.0 Å². The first-order valence-corrected chi connectivity index (χ1v) is 4.71. The molecule has 0 aliphatic heterocycles. The maximum absolute atomic E-state index is 13.3. The standard InChI is InChI=1S/C10H13FN2O/c1-13(8-4-5-9(8)14)10-7(11)3-2-6-12-10/h2-3,6,8-9,14H,4-5H2,1H3. The van der Waals surface area contributed by atoms with Crippen LogP contribution in [0.2, 0.25) is 0 Å². The Balaban J connectivity index is 2.18. The molecule has 3 nitrogen and oxygen atoms in total. The summed E-state index contributed by atoms with van der Waals surface area (Å²) in [6.45, 7) is 0. The smallest absolute Gasteiger partial charge is 0.165 e. The summed E-state index contributed by atoms with van der Waals surface area (Å²) in [5, 5.41) is 9.44. The van der Waals surface area contributed by atoms with Crippen LogP contribution in [-0.4, -0.2) is 29.3 Å². The second-order valence-electron chi connectivity index (χ2n) is 3.63. The molecule has 2 unspecified atom stereocenters. The number of aromatic nitrogens is 1. The third-order valence-electron chi connectivity index (χ3n) is 2.77. The van der Waals surface area contributed by atoms with Gasteiger partial charge in [-0.25, -0.2) is 9.37 Å². The first-order valence-electron chi connectivity index (χ1n) is 4.71. The number of nitrogens with zero attached hydrogens (tertiary/aromatic N) is 2. The Labute approximate surface area is 82.2 Å². The summed E-state index contributed by atoms with van der Waals surface area (Å²) >= 11 is 0. The maximum Gasteiger partial charge on any atom is 0.165 e. The van der Waals surface area contributed by atoms with Crippen molar-refractivity contribution in [3.63, 3.8) is 0 Å². The summed E-state index contributed by atoms with van der Waals surface area (Å²) in [5.41, 5.74) is 0. The molecule has 0 bridgehead atoms. The van der Waals surface area contributed by atoms with E-state index in [1.165, 1.54) is 6.07 Å². The van der Waals surface area contributed by atoms with Gasteiger partial charge in [0.15, 0.2) is 11.6 Å². The molecule has 2 rings (SSSR count). The molecule has 0 spiro atoms. The fourth-order valence-corrected chi connectivity index (χ4v) is 1.71. The van der Waals surface area contributed by atoms with Gasteiger partial charge in [-0.1, -0.05) is 0 Å². The van der Waals surface area contributed by atoms with E-state index in [0.29, 0.717) is 5.82 Å². The molecule has 1 heterocycles. The molecule has 0 amide bonds. The molecule has 76 valence electrons. The van der Waals surface area contributed by atoms with Gasteiger partial charge in [0, 0.05) is 13.2 Å². The van der Waals surface area contributed by atoms with Gasteiger partial charge in [0.05, 0.1) is 12.1 Å². The Morgan fingerprint density at radius 1 is 1.57 bits per heavy atom. The van der Waals surface area contributed by atoms with Crippen molar-refractivity contribution in [2.24, 2.45) is 0 Å². The van der Waals surface area contributed by atoms with Crippen LogP contribution in [0.5, 0.6) is 0 Å². The van der Waals surface area contributed by atoms with Gasteiger partial charge in [0.2, 0.25) is 0 Å². The number of pyridine rings is 1. The monoisotopic (exact) mass is 196 g/mol. The van der Waals surface area contributed by atoms with Crippen molar-refractivity contribution in [1.29, 1.82) is 0 Å². The fourth-order valence-electron chi connectivity index (χ4n) is 1.71. The molecule has 0 saturated heterocycles. The number of aliphatic hydroxyl groups is 1. The van der Waals surface area contributed by atoms with Gasteiger partial charge < -0.3 is 10.0 Å². The molecule has 4 heteroatoms. The van der Waals surface area contributed by atoms with Crippen LogP contribution in [0.25, 0.3) is 0 Å². The Morgan fingerprint density at radius 2 is 2.36 bits per heavy atom. The minimum Gasteiger partial charge on any atom is -0.391 e. The number of hydrogen-bond acceptors (Lipinski definition) is 3. The summed E-state index contributed by atoms with van der Waals surface area (Å²) in [6, 6.07) is 2.95. The van der Waals surface area contributed by atoms with Crippen molar-refractivity contribution >= 4 is 5.82 Å². The Kier molecular flexibility index (Phi) is 2.37. The van der Waals surface area contributed by atoms with Crippen LogP contribution in [0.15, 0.2) is 18.3 Å². The van der Waals surface area contributed by atoms with Crippen LogP contribution < -0.4 is 4.90 Å². The molecule has 1 aliphatic carbocycles. The average Bonchev–Trinajstić information content (AvgIpc) is 2.16. The molecule has 1 aliphatic rings. The van der Waals surface area contributed by atoms with Crippen molar-refractivity contribution in [2.45, 2.75) is 25.0 Å². The number of halogens is 1. The zero-order chi connectivity index (χ0) is 10.1. The SMILES string of the molecule is CN(c1ncccc1F)C1CCC1O. The number of rotatable bonds is 2. The zero-order valence-electron chi connectivity index (χ0n) is 8.02. The fraction of sp³-hybridized carbons (Fsp3) is 0.500. The first-order chi connectivity index (χ1) is 6.70. The maximum atomic E-state index is 13.3. The van der Waals surface area contributed by atoms with E-state index in [1.54, 1.807) is 24.2 Å². The minimum atomic E-state index is -0.346. The lowest BCUT2D eigenvalue weighted by Crippen LogP contribution is -2.49. The molecule has 1 aromatic heterocycles. The lowest BCUT2D eigenvalue weighted by molar-refractivity contribution is 0.0663. The van der Waals surface area contributed by atoms with E-state index in [0.717, 1.165) is 12.8 Å². The quantitative estimate of drug-likeness (QED) is 0.771. The van der Waals surface area contributed by atoms with Crippen molar-refractivity contribution in [3.05, 3.63) is 24.1 Å². The topological polar surface area (TPSA) is 36.4 Å². The Morgan fingerprint density at radius 3 is 2.86 bits per heavy atom. The molecule has 14 heavy (non-hydrogen) atoms. The van der Waals surface area contributed by atoms with E-state index in [4.69, 9.17) is 0 Å². The van der Waals surface area contributed by atoms with E-state index in [2.05, 4.69) is 4.98 Å². The molecule has 2 atom stereocenters. The van der Waals surface area contributed by atoms with Crippen molar-refractivity contribution < 1.29 is 9.50 Å². The summed E-state index contributed by atoms with van der Waals surface area (Å²) in [6.07, 6.45) is 2.90. The third-order valence-corrected chi connectivity index (χ3v) is 2.77. The van der Waals surface area contributed by atoms with E-state index >= 15 is 0 Å². The van der Waals surface area contributed by atoms with Gasteiger partial charge in [-0.3, -0.25) is 0 Å². The van der Waals surface area contributed by atoms with Crippen LogP contribution in [-0.2, 0) is 0 Å². The van der Waals surface area contributed by atoms with E-state index in [-0.39, 0.29) is 18.0 Å². The predicted molar refractivity (Wildman–Crippen MR) is 51.6 cm³/mol. The molecule has 1 aromatic rings. The van der Waals surface area contributed by atoms with E-state index < -0.39 is 0 Å². The molecule has 1 N–H and O–H groups in total. The van der Waals surface area contributed by atoms with Crippen LogP contribution in [0.1, 0.15) is 12.8 Å². The summed E-state index contributed by atoms with van der Waals surface area (Å²) in [5.74, 6) is -0.0228. The predicted octanol–water partition coefficient (Wildman–Crippen LogP) is 1.18. The molecule has 1 saturated carbocycles. The number of anilines is 1. The largest absolute Gasteiger partial charge is 0.391 e.